The molecule has 2 saturated heterocycles. The Morgan fingerprint density at radius 1 is 0.950 bits per heavy atom. The van der Waals surface area contributed by atoms with Gasteiger partial charge in [0.05, 0.1) is 24.1 Å². The molecule has 0 radical (unpaired) electrons. The zero-order chi connectivity index (χ0) is 28.6. The molecule has 208 valence electrons. The Kier molecular flexibility index (Phi) is 6.53. The summed E-state index contributed by atoms with van der Waals surface area (Å²) < 4.78 is 5.49. The largest absolute Gasteiger partial charge is 0.491 e. The molecular weight excluding hydrogens is 579 g/mol. The van der Waals surface area contributed by atoms with Crippen molar-refractivity contribution in [2.75, 3.05) is 25.2 Å². The number of carbonyl (C=O) groups is 4. The van der Waals surface area contributed by atoms with Gasteiger partial charge in [-0.15, -0.1) is 23.2 Å². The number of nitrogens with zero attached hydrogens (tertiary/aromatic N) is 2. The predicted molar refractivity (Wildman–Crippen MR) is 148 cm³/mol. The van der Waals surface area contributed by atoms with Crippen LogP contribution in [0.2, 0.25) is 5.02 Å². The van der Waals surface area contributed by atoms with Crippen molar-refractivity contribution in [1.82, 2.24) is 4.90 Å². The highest BCUT2D eigenvalue weighted by Crippen LogP contribution is 2.65. The first-order valence-corrected chi connectivity index (χ1v) is 14.1. The number of anilines is 1. The van der Waals surface area contributed by atoms with E-state index < -0.39 is 45.2 Å². The zero-order valence-electron chi connectivity index (χ0n) is 21.4. The van der Waals surface area contributed by atoms with Crippen molar-refractivity contribution < 1.29 is 29.0 Å². The second kappa shape index (κ2) is 9.58. The number of carbonyl (C=O) groups excluding carboxylic acids is 4. The highest BCUT2D eigenvalue weighted by molar-refractivity contribution is 6.53. The van der Waals surface area contributed by atoms with Crippen LogP contribution in [0.4, 0.5) is 5.69 Å². The fourth-order valence-corrected chi connectivity index (χ4v) is 8.03. The average molecular weight is 604 g/mol. The predicted octanol–water partition coefficient (Wildman–Crippen LogP) is 3.90. The number of ether oxygens (including phenoxy) is 1. The van der Waals surface area contributed by atoms with E-state index in [1.54, 1.807) is 48.5 Å². The summed E-state index contributed by atoms with van der Waals surface area (Å²) in [5.41, 5.74) is 1.75. The summed E-state index contributed by atoms with van der Waals surface area (Å²) in [4.78, 5) is 53.1. The Morgan fingerprint density at radius 3 is 2.27 bits per heavy atom. The van der Waals surface area contributed by atoms with Crippen LogP contribution in [-0.2, 0) is 19.2 Å². The fourth-order valence-electron chi connectivity index (χ4n) is 6.88. The van der Waals surface area contributed by atoms with Gasteiger partial charge in [-0.2, -0.15) is 0 Å². The van der Waals surface area contributed by atoms with Gasteiger partial charge < -0.3 is 9.84 Å². The lowest BCUT2D eigenvalue weighted by molar-refractivity contribution is -0.138. The summed E-state index contributed by atoms with van der Waals surface area (Å²) in [5, 5.41) is 9.55. The number of amides is 4. The number of halogens is 3. The molecule has 2 heterocycles. The van der Waals surface area contributed by atoms with Gasteiger partial charge in [0.25, 0.3) is 11.8 Å². The summed E-state index contributed by atoms with van der Waals surface area (Å²) >= 11 is 20.4. The Hall–Kier alpha value is -2.91. The van der Waals surface area contributed by atoms with E-state index >= 15 is 0 Å². The number of fused-ring (bicyclic) bond motifs is 4. The number of hydrogen-bond donors (Lipinski definition) is 1. The van der Waals surface area contributed by atoms with Crippen molar-refractivity contribution in [1.29, 1.82) is 0 Å². The van der Waals surface area contributed by atoms with E-state index in [1.807, 2.05) is 6.08 Å². The third-order valence-electron chi connectivity index (χ3n) is 8.67. The number of aliphatic hydroxyl groups is 1. The number of hydrogen-bond acceptors (Lipinski definition) is 6. The normalized spacial score (nSPS) is 33.1. The highest BCUT2D eigenvalue weighted by Gasteiger charge is 2.75. The van der Waals surface area contributed by atoms with E-state index in [9.17, 15) is 19.2 Å². The topological polar surface area (TPSA) is 104 Å². The van der Waals surface area contributed by atoms with E-state index in [0.717, 1.165) is 4.90 Å². The second-order valence-electron chi connectivity index (χ2n) is 10.6. The van der Waals surface area contributed by atoms with Gasteiger partial charge in [0.2, 0.25) is 11.8 Å². The number of imide groups is 2. The minimum Gasteiger partial charge on any atom is -0.491 e. The maximum Gasteiger partial charge on any atom is 0.253 e. The van der Waals surface area contributed by atoms with Gasteiger partial charge in [-0.25, -0.2) is 0 Å². The van der Waals surface area contributed by atoms with E-state index in [4.69, 9.17) is 44.6 Å². The maximum absolute atomic E-state index is 13.9. The minimum atomic E-state index is -1.84. The van der Waals surface area contributed by atoms with Crippen LogP contribution in [0, 0.1) is 17.8 Å². The van der Waals surface area contributed by atoms with Crippen LogP contribution in [-0.4, -0.2) is 63.6 Å². The molecule has 2 aromatic rings. The van der Waals surface area contributed by atoms with E-state index in [0.29, 0.717) is 27.6 Å². The van der Waals surface area contributed by atoms with Crippen LogP contribution in [0.15, 0.2) is 60.2 Å². The standard InChI is InChI=1S/C29H25Cl3N2O6/c1-33-26(38)28(31)14-21-19(23(29(28,32)27(33)39)15-2-8-18(9-3-15)40-13-12-35)10-11-20-22(21)25(37)34(24(20)36)17-6-4-16(30)5-7-17/h2-10,20-23,35H,11-14H2,1H3. The molecule has 40 heavy (non-hydrogen) atoms. The molecule has 4 amide bonds. The van der Waals surface area contributed by atoms with Crippen molar-refractivity contribution in [3.63, 3.8) is 0 Å². The first-order valence-electron chi connectivity index (χ1n) is 12.9. The van der Waals surface area contributed by atoms with Crippen LogP contribution in [0.3, 0.4) is 0 Å². The molecule has 0 spiro atoms. The van der Waals surface area contributed by atoms with Crippen LogP contribution in [0.25, 0.3) is 0 Å². The molecular formula is C29H25Cl3N2O6. The molecule has 6 unspecified atom stereocenters. The van der Waals surface area contributed by atoms with E-state index in [1.165, 1.54) is 11.9 Å². The van der Waals surface area contributed by atoms with Crippen molar-refractivity contribution in [3.05, 3.63) is 70.8 Å². The van der Waals surface area contributed by atoms with Gasteiger partial charge in [-0.3, -0.25) is 29.0 Å². The SMILES string of the molecule is CN1C(=O)C2(Cl)CC3C(=CCC4C(=O)N(c5ccc(Cl)cc5)C(=O)C43)C(c3ccc(OCCO)cc3)C2(Cl)C1=O. The monoisotopic (exact) mass is 602 g/mol. The van der Waals surface area contributed by atoms with Crippen LogP contribution < -0.4 is 9.64 Å². The van der Waals surface area contributed by atoms with Crippen LogP contribution in [0.1, 0.15) is 24.3 Å². The first-order chi connectivity index (χ1) is 19.0. The zero-order valence-corrected chi connectivity index (χ0v) is 23.6. The molecule has 6 atom stereocenters. The molecule has 0 aromatic heterocycles. The summed E-state index contributed by atoms with van der Waals surface area (Å²) in [5.74, 6) is -4.30. The molecule has 0 bridgehead atoms. The van der Waals surface area contributed by atoms with Gasteiger partial charge >= 0.3 is 0 Å². The number of alkyl halides is 2. The average Bonchev–Trinajstić information content (AvgIpc) is 3.27. The van der Waals surface area contributed by atoms with Crippen molar-refractivity contribution in [2.45, 2.75) is 28.5 Å². The smallest absolute Gasteiger partial charge is 0.253 e. The van der Waals surface area contributed by atoms with Gasteiger partial charge in [-0.1, -0.05) is 35.4 Å². The molecule has 1 N–H and O–H groups in total. The molecule has 3 fully saturated rings. The van der Waals surface area contributed by atoms with Crippen LogP contribution in [0.5, 0.6) is 5.75 Å². The van der Waals surface area contributed by atoms with Crippen molar-refractivity contribution >= 4 is 64.1 Å². The lowest BCUT2D eigenvalue weighted by Gasteiger charge is -2.50. The minimum absolute atomic E-state index is 0.0678. The quantitative estimate of drug-likeness (QED) is 0.316. The molecule has 4 aliphatic rings. The number of aliphatic hydroxyl groups excluding tert-OH is 1. The molecule has 1 saturated carbocycles. The molecule has 2 aliphatic heterocycles. The molecule has 6 rings (SSSR count). The summed E-state index contributed by atoms with van der Waals surface area (Å²) in [6.07, 6.45) is 2.10. The summed E-state index contributed by atoms with van der Waals surface area (Å²) in [6.45, 7) is -0.0366. The number of likely N-dealkylation sites (tertiary alicyclic amines) is 1. The fraction of sp³-hybridized carbons (Fsp3) is 0.379. The second-order valence-corrected chi connectivity index (χ2v) is 12.3. The van der Waals surface area contributed by atoms with Crippen molar-refractivity contribution in [2.24, 2.45) is 17.8 Å². The van der Waals surface area contributed by atoms with E-state index in [-0.39, 0.29) is 37.9 Å². The molecule has 2 aromatic carbocycles. The third-order valence-corrected chi connectivity index (χ3v) is 10.3. The van der Waals surface area contributed by atoms with Crippen LogP contribution >= 0.6 is 34.8 Å². The molecule has 8 nitrogen and oxygen atoms in total. The number of benzene rings is 2. The molecule has 11 heteroatoms. The Balaban J connectivity index is 1.46. The van der Waals surface area contributed by atoms with Gasteiger partial charge in [0, 0.05) is 18.0 Å². The summed E-state index contributed by atoms with van der Waals surface area (Å²) in [6, 6.07) is 13.3. The number of allylic oxidation sites excluding steroid dienone is 2. The molecule has 2 aliphatic carbocycles. The lowest BCUT2D eigenvalue weighted by Crippen LogP contribution is -2.60. The van der Waals surface area contributed by atoms with E-state index in [2.05, 4.69) is 0 Å². The van der Waals surface area contributed by atoms with Gasteiger partial charge in [-0.05, 0) is 60.7 Å². The first kappa shape index (κ1) is 27.3. The third kappa shape index (κ3) is 3.62. The lowest BCUT2D eigenvalue weighted by atomic mass is 9.56. The summed E-state index contributed by atoms with van der Waals surface area (Å²) in [7, 11) is 1.35. The Labute approximate surface area is 245 Å². The maximum atomic E-state index is 13.9. The Bertz CT molecular complexity index is 1460. The highest BCUT2D eigenvalue weighted by atomic mass is 35.5. The van der Waals surface area contributed by atoms with Gasteiger partial charge in [0.15, 0.2) is 9.75 Å². The van der Waals surface area contributed by atoms with Gasteiger partial charge in [0.1, 0.15) is 12.4 Å². The Morgan fingerprint density at radius 2 is 1.62 bits per heavy atom. The van der Waals surface area contributed by atoms with Crippen molar-refractivity contribution in [3.8, 4) is 5.75 Å². The number of rotatable bonds is 5.